The van der Waals surface area contributed by atoms with Crippen LogP contribution in [0, 0.1) is 6.92 Å². The Hall–Kier alpha value is -2.34. The predicted molar refractivity (Wildman–Crippen MR) is 96.4 cm³/mol. The lowest BCUT2D eigenvalue weighted by molar-refractivity contribution is 0.0942. The van der Waals surface area contributed by atoms with E-state index in [1.54, 1.807) is 0 Å². The van der Waals surface area contributed by atoms with Crippen LogP contribution in [0.15, 0.2) is 30.3 Å². The Balaban J connectivity index is 1.55. The molecule has 2 aromatic rings. The quantitative estimate of drug-likeness (QED) is 0.573. The van der Waals surface area contributed by atoms with Gasteiger partial charge in [0.15, 0.2) is 0 Å². The van der Waals surface area contributed by atoms with Crippen molar-refractivity contribution in [2.24, 2.45) is 0 Å². The van der Waals surface area contributed by atoms with Crippen LogP contribution in [0.25, 0.3) is 0 Å². The molecule has 0 fully saturated rings. The smallest absolute Gasteiger partial charge is 0.306 e. The highest BCUT2D eigenvalue weighted by atomic mass is 32.1. The van der Waals surface area contributed by atoms with Gasteiger partial charge in [-0.3, -0.25) is 10.2 Å². The Kier molecular flexibility index (Phi) is 5.15. The van der Waals surface area contributed by atoms with Gasteiger partial charge in [-0.1, -0.05) is 24.6 Å². The molecule has 0 radical (unpaired) electrons. The number of anilines is 1. The van der Waals surface area contributed by atoms with Crippen LogP contribution in [0.4, 0.5) is 10.5 Å². The third kappa shape index (κ3) is 3.94. The molecule has 0 unspecified atom stereocenters. The van der Waals surface area contributed by atoms with Crippen molar-refractivity contribution in [2.45, 2.75) is 39.0 Å². The highest BCUT2D eigenvalue weighted by Gasteiger charge is 2.16. The topological polar surface area (TPSA) is 70.2 Å². The Morgan fingerprint density at radius 1 is 1.04 bits per heavy atom. The number of rotatable bonds is 2. The minimum Gasteiger partial charge on any atom is -0.306 e. The van der Waals surface area contributed by atoms with E-state index in [4.69, 9.17) is 0 Å². The SMILES string of the molecule is Cc1ccccc1NC(=O)NNC(=O)c1cc2c(s1)CCCCC2. The van der Waals surface area contributed by atoms with Gasteiger partial charge in [-0.25, -0.2) is 10.2 Å². The summed E-state index contributed by atoms with van der Waals surface area (Å²) >= 11 is 1.53. The number of hydrazine groups is 1. The first-order valence-electron chi connectivity index (χ1n) is 8.18. The third-order valence-corrected chi connectivity index (χ3v) is 5.39. The maximum atomic E-state index is 12.2. The number of amides is 3. The van der Waals surface area contributed by atoms with Gasteiger partial charge in [0.25, 0.3) is 5.91 Å². The summed E-state index contributed by atoms with van der Waals surface area (Å²) in [4.78, 5) is 26.1. The van der Waals surface area contributed by atoms with Crippen LogP contribution < -0.4 is 16.2 Å². The second kappa shape index (κ2) is 7.49. The molecule has 126 valence electrons. The molecule has 5 nitrogen and oxygen atoms in total. The third-order valence-electron chi connectivity index (χ3n) is 4.15. The summed E-state index contributed by atoms with van der Waals surface area (Å²) < 4.78 is 0. The number of urea groups is 1. The number of para-hydroxylation sites is 1. The van der Waals surface area contributed by atoms with Crippen molar-refractivity contribution in [1.29, 1.82) is 0 Å². The summed E-state index contributed by atoms with van der Waals surface area (Å²) in [7, 11) is 0. The molecule has 1 heterocycles. The van der Waals surface area contributed by atoms with E-state index in [2.05, 4.69) is 16.2 Å². The number of hydrogen-bond acceptors (Lipinski definition) is 3. The van der Waals surface area contributed by atoms with Gasteiger partial charge >= 0.3 is 6.03 Å². The predicted octanol–water partition coefficient (Wildman–Crippen LogP) is 3.79. The van der Waals surface area contributed by atoms with E-state index in [9.17, 15) is 9.59 Å². The molecule has 1 aromatic heterocycles. The fourth-order valence-electron chi connectivity index (χ4n) is 2.82. The molecule has 6 heteroatoms. The molecule has 0 spiro atoms. The van der Waals surface area contributed by atoms with Gasteiger partial charge in [0.05, 0.1) is 4.88 Å². The van der Waals surface area contributed by atoms with Crippen LogP contribution in [0.5, 0.6) is 0 Å². The molecule has 1 aromatic carbocycles. The maximum Gasteiger partial charge on any atom is 0.337 e. The molecule has 3 rings (SSSR count). The van der Waals surface area contributed by atoms with Crippen LogP contribution in [0.2, 0.25) is 0 Å². The van der Waals surface area contributed by atoms with Gasteiger partial charge in [0.1, 0.15) is 0 Å². The van der Waals surface area contributed by atoms with E-state index in [-0.39, 0.29) is 5.91 Å². The summed E-state index contributed by atoms with van der Waals surface area (Å²) in [6.45, 7) is 1.91. The number of carbonyl (C=O) groups is 2. The number of carbonyl (C=O) groups excluding carboxylic acids is 2. The van der Waals surface area contributed by atoms with Crippen molar-refractivity contribution in [3.05, 3.63) is 51.2 Å². The van der Waals surface area contributed by atoms with Gasteiger partial charge in [0, 0.05) is 10.6 Å². The fraction of sp³-hybridized carbons (Fsp3) is 0.333. The summed E-state index contributed by atoms with van der Waals surface area (Å²) in [5.41, 5.74) is 7.84. The Morgan fingerprint density at radius 3 is 2.67 bits per heavy atom. The van der Waals surface area contributed by atoms with E-state index in [1.807, 2.05) is 37.3 Å². The highest BCUT2D eigenvalue weighted by molar-refractivity contribution is 7.14. The average Bonchev–Trinajstić information content (AvgIpc) is 2.86. The zero-order valence-corrected chi connectivity index (χ0v) is 14.5. The van der Waals surface area contributed by atoms with E-state index in [0.717, 1.165) is 18.4 Å². The van der Waals surface area contributed by atoms with Gasteiger partial charge in [-0.05, 0) is 55.9 Å². The lowest BCUT2D eigenvalue weighted by atomic mass is 10.1. The first-order valence-corrected chi connectivity index (χ1v) is 8.99. The molecule has 3 amide bonds. The van der Waals surface area contributed by atoms with Gasteiger partial charge in [-0.2, -0.15) is 0 Å². The zero-order chi connectivity index (χ0) is 16.9. The fourth-order valence-corrected chi connectivity index (χ4v) is 3.97. The van der Waals surface area contributed by atoms with E-state index in [1.165, 1.54) is 41.0 Å². The lowest BCUT2D eigenvalue weighted by Crippen LogP contribution is -2.43. The monoisotopic (exact) mass is 343 g/mol. The summed E-state index contributed by atoms with van der Waals surface area (Å²) in [6.07, 6.45) is 5.71. The first kappa shape index (κ1) is 16.5. The van der Waals surface area contributed by atoms with E-state index < -0.39 is 6.03 Å². The number of aryl methyl sites for hydroxylation is 3. The molecule has 0 bridgehead atoms. The van der Waals surface area contributed by atoms with E-state index >= 15 is 0 Å². The van der Waals surface area contributed by atoms with Crippen molar-refractivity contribution in [3.63, 3.8) is 0 Å². The van der Waals surface area contributed by atoms with Crippen molar-refractivity contribution in [2.75, 3.05) is 5.32 Å². The second-order valence-electron chi connectivity index (χ2n) is 5.97. The molecule has 0 saturated heterocycles. The van der Waals surface area contributed by atoms with Gasteiger partial charge < -0.3 is 5.32 Å². The van der Waals surface area contributed by atoms with Crippen molar-refractivity contribution >= 4 is 29.0 Å². The summed E-state index contributed by atoms with van der Waals surface area (Å²) in [6, 6.07) is 8.97. The average molecular weight is 343 g/mol. The number of fused-ring (bicyclic) bond motifs is 1. The second-order valence-corrected chi connectivity index (χ2v) is 7.10. The standard InChI is InChI=1S/C18H21N3O2S/c1-12-7-5-6-9-14(12)19-18(23)21-20-17(22)16-11-13-8-3-2-4-10-15(13)24-16/h5-7,9,11H,2-4,8,10H2,1H3,(H,20,22)(H2,19,21,23). The lowest BCUT2D eigenvalue weighted by Gasteiger charge is -2.10. The molecule has 24 heavy (non-hydrogen) atoms. The molecule has 3 N–H and O–H groups in total. The zero-order valence-electron chi connectivity index (χ0n) is 13.6. The highest BCUT2D eigenvalue weighted by Crippen LogP contribution is 2.28. The minimum atomic E-state index is -0.462. The van der Waals surface area contributed by atoms with Crippen LogP contribution in [-0.2, 0) is 12.8 Å². The van der Waals surface area contributed by atoms with E-state index in [0.29, 0.717) is 10.6 Å². The summed E-state index contributed by atoms with van der Waals surface area (Å²) in [5.74, 6) is -0.270. The van der Waals surface area contributed by atoms with Crippen LogP contribution in [0.1, 0.15) is 44.9 Å². The Morgan fingerprint density at radius 2 is 1.83 bits per heavy atom. The van der Waals surface area contributed by atoms with Crippen LogP contribution in [-0.4, -0.2) is 11.9 Å². The van der Waals surface area contributed by atoms with Crippen molar-refractivity contribution < 1.29 is 9.59 Å². The summed E-state index contributed by atoms with van der Waals surface area (Å²) in [5, 5.41) is 2.71. The number of benzene rings is 1. The van der Waals surface area contributed by atoms with Gasteiger partial charge in [-0.15, -0.1) is 11.3 Å². The molecule has 1 aliphatic rings. The van der Waals surface area contributed by atoms with Crippen molar-refractivity contribution in [1.82, 2.24) is 10.9 Å². The Labute approximate surface area is 145 Å². The molecule has 0 atom stereocenters. The van der Waals surface area contributed by atoms with Gasteiger partial charge in [0.2, 0.25) is 0 Å². The molecular formula is C18H21N3O2S. The van der Waals surface area contributed by atoms with Crippen LogP contribution >= 0.6 is 11.3 Å². The molecule has 0 saturated carbocycles. The maximum absolute atomic E-state index is 12.2. The normalized spacial score (nSPS) is 13.5. The van der Waals surface area contributed by atoms with Crippen LogP contribution in [0.3, 0.4) is 0 Å². The number of nitrogens with one attached hydrogen (secondary N) is 3. The first-order chi connectivity index (χ1) is 11.6. The minimum absolute atomic E-state index is 0.270. The molecular weight excluding hydrogens is 322 g/mol. The van der Waals surface area contributed by atoms with Crippen molar-refractivity contribution in [3.8, 4) is 0 Å². The Bertz CT molecular complexity index is 731. The number of hydrogen-bond donors (Lipinski definition) is 3. The molecule has 0 aliphatic heterocycles. The number of thiophene rings is 1. The molecule has 1 aliphatic carbocycles. The largest absolute Gasteiger partial charge is 0.337 e.